The molecule has 0 spiro atoms. The van der Waals surface area contributed by atoms with Gasteiger partial charge in [-0.15, -0.1) is 0 Å². The molecule has 4 N–H and O–H groups in total. The number of amides is 2. The lowest BCUT2D eigenvalue weighted by molar-refractivity contribution is -0.713. The van der Waals surface area contributed by atoms with Gasteiger partial charge in [0.15, 0.2) is 0 Å². The number of fused-ring (bicyclic) bond motifs is 5. The number of hydrogen-bond acceptors (Lipinski definition) is 6. The highest BCUT2D eigenvalue weighted by molar-refractivity contribution is 5.82. The van der Waals surface area contributed by atoms with E-state index in [0.29, 0.717) is 42.3 Å². The van der Waals surface area contributed by atoms with Gasteiger partial charge < -0.3 is 34.9 Å². The number of rotatable bonds is 8. The monoisotopic (exact) mass is 562 g/mol. The molecule has 3 heterocycles. The summed E-state index contributed by atoms with van der Waals surface area (Å²) in [4.78, 5) is 29.4. The minimum atomic E-state index is -0.547. The highest BCUT2D eigenvalue weighted by Crippen LogP contribution is 2.53. The van der Waals surface area contributed by atoms with Crippen LogP contribution in [0.1, 0.15) is 77.6 Å². The number of piperidine rings is 2. The first-order chi connectivity index (χ1) is 19.4. The third-order valence-electron chi connectivity index (χ3n) is 11.8. The van der Waals surface area contributed by atoms with Gasteiger partial charge in [-0.1, -0.05) is 19.3 Å². The second-order valence-corrected chi connectivity index (χ2v) is 13.7. The molecule has 6 rings (SSSR count). The molecule has 3 aliphatic heterocycles. The Labute approximate surface area is 239 Å². The van der Waals surface area contributed by atoms with E-state index in [1.165, 1.54) is 19.3 Å². The molecule has 0 aromatic carbocycles. The molecule has 9 nitrogen and oxygen atoms in total. The van der Waals surface area contributed by atoms with Gasteiger partial charge in [0.1, 0.15) is 12.1 Å². The Bertz CT molecular complexity index is 914. The zero-order valence-electron chi connectivity index (χ0n) is 24.7. The Morgan fingerprint density at radius 2 is 1.82 bits per heavy atom. The summed E-state index contributed by atoms with van der Waals surface area (Å²) in [6, 6.07) is 0.990. The van der Waals surface area contributed by atoms with Gasteiger partial charge in [-0.2, -0.15) is 0 Å². The van der Waals surface area contributed by atoms with Crippen LogP contribution in [0.15, 0.2) is 0 Å². The van der Waals surface area contributed by atoms with Crippen molar-refractivity contribution in [3.63, 3.8) is 0 Å². The maximum atomic E-state index is 14.2. The Morgan fingerprint density at radius 1 is 1.02 bits per heavy atom. The molecular weight excluding hydrogens is 510 g/mol. The van der Waals surface area contributed by atoms with Crippen LogP contribution in [0.5, 0.6) is 0 Å². The second kappa shape index (κ2) is 12.2. The number of nitrogens with zero attached hydrogens (tertiary/aromatic N) is 1. The maximum Gasteiger partial charge on any atom is 0.248 e. The summed E-state index contributed by atoms with van der Waals surface area (Å²) in [5.41, 5.74) is 0. The number of carbonyl (C=O) groups excluding carboxylic acids is 2. The predicted molar refractivity (Wildman–Crippen MR) is 148 cm³/mol. The first-order valence-corrected chi connectivity index (χ1v) is 16.2. The molecule has 3 saturated heterocycles. The minimum Gasteiger partial charge on any atom is -0.391 e. The van der Waals surface area contributed by atoms with Gasteiger partial charge in [0.05, 0.1) is 42.9 Å². The van der Waals surface area contributed by atoms with Gasteiger partial charge in [-0.3, -0.25) is 9.59 Å². The molecule has 0 radical (unpaired) electrons. The van der Waals surface area contributed by atoms with E-state index in [0.717, 1.165) is 57.9 Å². The molecule has 226 valence electrons. The van der Waals surface area contributed by atoms with E-state index in [9.17, 15) is 14.7 Å². The first kappa shape index (κ1) is 28.8. The van der Waals surface area contributed by atoms with Crippen LogP contribution in [-0.2, 0) is 23.8 Å². The zero-order valence-corrected chi connectivity index (χ0v) is 24.7. The van der Waals surface area contributed by atoms with Crippen LogP contribution in [0.4, 0.5) is 0 Å². The molecule has 40 heavy (non-hydrogen) atoms. The normalized spacial score (nSPS) is 42.9. The van der Waals surface area contributed by atoms with E-state index < -0.39 is 12.2 Å². The van der Waals surface area contributed by atoms with E-state index in [-0.39, 0.29) is 42.1 Å². The summed E-state index contributed by atoms with van der Waals surface area (Å²) >= 11 is 0. The number of carbonyl (C=O) groups is 2. The predicted octanol–water partition coefficient (Wildman–Crippen LogP) is 1.22. The smallest absolute Gasteiger partial charge is 0.248 e. The molecule has 2 amide bonds. The summed E-state index contributed by atoms with van der Waals surface area (Å²) in [6.07, 6.45) is 10.3. The van der Waals surface area contributed by atoms with E-state index in [1.807, 2.05) is 6.92 Å². The Kier molecular flexibility index (Phi) is 8.76. The van der Waals surface area contributed by atoms with Crippen molar-refractivity contribution in [1.29, 1.82) is 0 Å². The number of nitrogens with one attached hydrogen (secondary N) is 1. The number of quaternary nitrogens is 1. The fourth-order valence-corrected chi connectivity index (χ4v) is 10.0. The lowest BCUT2D eigenvalue weighted by Gasteiger charge is -2.53. The Morgan fingerprint density at radius 3 is 2.58 bits per heavy atom. The molecule has 0 aromatic heterocycles. The Hall–Kier alpha value is -1.26. The number of aliphatic hydroxyl groups is 1. The summed E-state index contributed by atoms with van der Waals surface area (Å²) in [6.45, 7) is 3.25. The minimum absolute atomic E-state index is 0.0231. The van der Waals surface area contributed by atoms with Crippen LogP contribution >= 0.6 is 0 Å². The van der Waals surface area contributed by atoms with Gasteiger partial charge in [0, 0.05) is 39.1 Å². The van der Waals surface area contributed by atoms with Gasteiger partial charge in [-0.25, -0.2) is 0 Å². The largest absolute Gasteiger partial charge is 0.391 e. The highest BCUT2D eigenvalue weighted by Gasteiger charge is 2.66. The third-order valence-corrected chi connectivity index (χ3v) is 11.8. The van der Waals surface area contributed by atoms with Crippen LogP contribution in [0.3, 0.4) is 0 Å². The number of aliphatic hydroxyl groups excluding tert-OH is 1. The molecule has 3 saturated carbocycles. The second-order valence-electron chi connectivity index (χ2n) is 13.7. The molecule has 12 atom stereocenters. The summed E-state index contributed by atoms with van der Waals surface area (Å²) in [5.74, 6) is 1.60. The van der Waals surface area contributed by atoms with Crippen molar-refractivity contribution in [2.75, 3.05) is 27.3 Å². The summed E-state index contributed by atoms with van der Waals surface area (Å²) in [5, 5.41) is 16.0. The number of nitrogens with two attached hydrogens (primary N) is 1. The Balaban J connectivity index is 1.09. The van der Waals surface area contributed by atoms with Crippen molar-refractivity contribution < 1.29 is 34.2 Å². The van der Waals surface area contributed by atoms with E-state index in [2.05, 4.69) is 15.5 Å². The number of ether oxygens (including phenoxy) is 3. The van der Waals surface area contributed by atoms with Crippen molar-refractivity contribution in [3.8, 4) is 0 Å². The molecule has 10 unspecified atom stereocenters. The van der Waals surface area contributed by atoms with Crippen LogP contribution in [0.25, 0.3) is 0 Å². The van der Waals surface area contributed by atoms with Crippen LogP contribution in [0, 0.1) is 29.6 Å². The average Bonchev–Trinajstić information content (AvgIpc) is 3.32. The molecule has 0 bridgehead atoms. The topological polar surface area (TPSA) is 114 Å². The van der Waals surface area contributed by atoms with Crippen LogP contribution < -0.4 is 10.6 Å². The fourth-order valence-electron chi connectivity index (χ4n) is 10.0. The van der Waals surface area contributed by atoms with Crippen LogP contribution in [-0.4, -0.2) is 97.8 Å². The van der Waals surface area contributed by atoms with Gasteiger partial charge in [-0.05, 0) is 69.6 Å². The highest BCUT2D eigenvalue weighted by atomic mass is 16.5. The van der Waals surface area contributed by atoms with Crippen LogP contribution in [0.2, 0.25) is 0 Å². The van der Waals surface area contributed by atoms with E-state index in [1.54, 1.807) is 14.2 Å². The van der Waals surface area contributed by atoms with Crippen molar-refractivity contribution in [2.45, 2.75) is 126 Å². The van der Waals surface area contributed by atoms with Gasteiger partial charge in [0.25, 0.3) is 0 Å². The van der Waals surface area contributed by atoms with Crippen molar-refractivity contribution in [2.24, 2.45) is 29.6 Å². The molecule has 9 heteroatoms. The lowest BCUT2D eigenvalue weighted by atomic mass is 9.64. The molecule has 3 aliphatic carbocycles. The summed E-state index contributed by atoms with van der Waals surface area (Å²) in [7, 11) is 3.47. The van der Waals surface area contributed by atoms with Crippen molar-refractivity contribution in [1.82, 2.24) is 10.2 Å². The van der Waals surface area contributed by atoms with Gasteiger partial charge >= 0.3 is 0 Å². The zero-order chi connectivity index (χ0) is 28.0. The molecule has 6 fully saturated rings. The van der Waals surface area contributed by atoms with Crippen molar-refractivity contribution >= 4 is 11.8 Å². The summed E-state index contributed by atoms with van der Waals surface area (Å²) < 4.78 is 18.1. The number of methoxy groups -OCH3 is 2. The SMILES string of the molecule is COC1CCC2C3[NH2+]CCC4C5CC(O[C@H](C)C(=O)NC[C@@H](O)C6CCCCC6)CCC5N(C(=O)C2C1OC)C43. The lowest BCUT2D eigenvalue weighted by Crippen LogP contribution is -2.99. The third kappa shape index (κ3) is 5.12. The fraction of sp³-hybridized carbons (Fsp3) is 0.935. The van der Waals surface area contributed by atoms with Crippen molar-refractivity contribution in [3.05, 3.63) is 0 Å². The van der Waals surface area contributed by atoms with E-state index in [4.69, 9.17) is 14.2 Å². The van der Waals surface area contributed by atoms with E-state index >= 15 is 0 Å². The standard InChI is InChI=1S/C31H51N3O6/c1-17(30(36)33-16-24(35)18-7-5-4-6-8-18)40-19-9-11-23-22(15-19)20-13-14-32-27-21-10-12-25(38-2)29(39-3)26(21)31(37)34(23)28(20)27/h17-29,32,35H,4-16H2,1-3H3,(H,33,36)/p+1/t17-,19?,20?,21?,22?,23?,24-,25?,26?,27?,28?,29?/m1/s1. The quantitative estimate of drug-likeness (QED) is 0.410. The first-order valence-electron chi connectivity index (χ1n) is 16.2. The number of hydrogen-bond donors (Lipinski definition) is 3. The molecule has 0 aromatic rings. The van der Waals surface area contributed by atoms with Gasteiger partial charge in [0.2, 0.25) is 11.8 Å². The maximum absolute atomic E-state index is 14.2. The molecular formula is C31H52N3O6+. The molecule has 6 aliphatic rings. The average molecular weight is 563 g/mol.